The second-order valence-corrected chi connectivity index (χ2v) is 5.40. The predicted molar refractivity (Wildman–Crippen MR) is 79.3 cm³/mol. The molecule has 1 aliphatic heterocycles. The van der Waals surface area contributed by atoms with Gasteiger partial charge in [0.15, 0.2) is 0 Å². The minimum absolute atomic E-state index is 0.0270. The van der Waals surface area contributed by atoms with Crippen molar-refractivity contribution in [3.05, 3.63) is 29.8 Å². The molecule has 5 nitrogen and oxygen atoms in total. The molecule has 1 amide bonds. The van der Waals surface area contributed by atoms with Crippen LogP contribution in [0.3, 0.4) is 0 Å². The van der Waals surface area contributed by atoms with E-state index in [0.29, 0.717) is 25.9 Å². The molecule has 0 saturated carbocycles. The van der Waals surface area contributed by atoms with E-state index in [0.717, 1.165) is 11.3 Å². The van der Waals surface area contributed by atoms with Crippen molar-refractivity contribution in [3.8, 4) is 5.75 Å². The second-order valence-electron chi connectivity index (χ2n) is 5.40. The number of rotatable bonds is 5. The lowest BCUT2D eigenvalue weighted by atomic mass is 10.1. The topological polar surface area (TPSA) is 59.0 Å². The largest absolute Gasteiger partial charge is 0.497 e. The SMILES string of the molecule is COc1ccc(CCC(=O)N2CC(C)OC(CO)C2)cc1. The molecular formula is C16H23NO4. The Balaban J connectivity index is 1.85. The van der Waals surface area contributed by atoms with Gasteiger partial charge in [-0.2, -0.15) is 0 Å². The molecule has 2 unspecified atom stereocenters. The van der Waals surface area contributed by atoms with Gasteiger partial charge in [-0.05, 0) is 31.0 Å². The molecule has 0 aromatic heterocycles. The molecule has 0 radical (unpaired) electrons. The van der Waals surface area contributed by atoms with Crippen molar-refractivity contribution in [2.24, 2.45) is 0 Å². The van der Waals surface area contributed by atoms with Crippen LogP contribution in [-0.4, -0.2) is 54.9 Å². The van der Waals surface area contributed by atoms with Crippen LogP contribution in [-0.2, 0) is 16.0 Å². The molecule has 1 aromatic carbocycles. The van der Waals surface area contributed by atoms with Gasteiger partial charge in [0.25, 0.3) is 0 Å². The zero-order chi connectivity index (χ0) is 15.2. The first-order chi connectivity index (χ1) is 10.1. The van der Waals surface area contributed by atoms with Crippen LogP contribution >= 0.6 is 0 Å². The number of hydrogen-bond acceptors (Lipinski definition) is 4. The average molecular weight is 293 g/mol. The first-order valence-electron chi connectivity index (χ1n) is 7.29. The lowest BCUT2D eigenvalue weighted by Crippen LogP contribution is -2.50. The number of carbonyl (C=O) groups is 1. The maximum Gasteiger partial charge on any atom is 0.223 e. The maximum atomic E-state index is 12.3. The number of carbonyl (C=O) groups excluding carboxylic acids is 1. The van der Waals surface area contributed by atoms with E-state index < -0.39 is 0 Å². The standard InChI is InChI=1S/C16H23NO4/c1-12-9-17(10-15(11-18)21-12)16(19)8-5-13-3-6-14(20-2)7-4-13/h3-4,6-7,12,15,18H,5,8-11H2,1-2H3. The van der Waals surface area contributed by atoms with Crippen LogP contribution in [0.25, 0.3) is 0 Å². The molecule has 5 heteroatoms. The highest BCUT2D eigenvalue weighted by Crippen LogP contribution is 2.15. The fraction of sp³-hybridized carbons (Fsp3) is 0.562. The van der Waals surface area contributed by atoms with Crippen molar-refractivity contribution >= 4 is 5.91 Å². The monoisotopic (exact) mass is 293 g/mol. The maximum absolute atomic E-state index is 12.3. The van der Waals surface area contributed by atoms with E-state index in [-0.39, 0.29) is 24.7 Å². The van der Waals surface area contributed by atoms with Crippen molar-refractivity contribution in [1.82, 2.24) is 4.90 Å². The molecule has 0 aliphatic carbocycles. The number of aliphatic hydroxyl groups is 1. The van der Waals surface area contributed by atoms with Crippen molar-refractivity contribution in [2.75, 3.05) is 26.8 Å². The Morgan fingerprint density at radius 3 is 2.71 bits per heavy atom. The van der Waals surface area contributed by atoms with Gasteiger partial charge >= 0.3 is 0 Å². The van der Waals surface area contributed by atoms with E-state index in [4.69, 9.17) is 9.47 Å². The first kappa shape index (κ1) is 15.8. The summed E-state index contributed by atoms with van der Waals surface area (Å²) in [6.45, 7) is 2.94. The molecule has 1 heterocycles. The van der Waals surface area contributed by atoms with E-state index in [1.807, 2.05) is 31.2 Å². The summed E-state index contributed by atoms with van der Waals surface area (Å²) in [5.74, 6) is 0.928. The quantitative estimate of drug-likeness (QED) is 0.887. The van der Waals surface area contributed by atoms with Crippen molar-refractivity contribution in [1.29, 1.82) is 0 Å². The van der Waals surface area contributed by atoms with Gasteiger partial charge in [0.05, 0.1) is 25.9 Å². The molecule has 1 fully saturated rings. The highest BCUT2D eigenvalue weighted by Gasteiger charge is 2.27. The van der Waals surface area contributed by atoms with Crippen LogP contribution in [0.4, 0.5) is 0 Å². The number of amides is 1. The number of aliphatic hydroxyl groups excluding tert-OH is 1. The summed E-state index contributed by atoms with van der Waals surface area (Å²) in [5.41, 5.74) is 1.11. The zero-order valence-corrected chi connectivity index (χ0v) is 12.6. The van der Waals surface area contributed by atoms with Crippen LogP contribution in [0.5, 0.6) is 5.75 Å². The molecule has 2 rings (SSSR count). The molecule has 116 valence electrons. The molecule has 1 saturated heterocycles. The van der Waals surface area contributed by atoms with Gasteiger partial charge in [-0.3, -0.25) is 4.79 Å². The summed E-state index contributed by atoms with van der Waals surface area (Å²) >= 11 is 0. The molecule has 2 atom stereocenters. The molecule has 0 spiro atoms. The normalized spacial score (nSPS) is 22.1. The van der Waals surface area contributed by atoms with Gasteiger partial charge in [0, 0.05) is 19.5 Å². The van der Waals surface area contributed by atoms with Gasteiger partial charge in [0.2, 0.25) is 5.91 Å². The van der Waals surface area contributed by atoms with Gasteiger partial charge in [0.1, 0.15) is 5.75 Å². The van der Waals surface area contributed by atoms with Gasteiger partial charge in [-0.25, -0.2) is 0 Å². The van der Waals surface area contributed by atoms with Gasteiger partial charge < -0.3 is 19.5 Å². The number of methoxy groups -OCH3 is 1. The molecule has 0 bridgehead atoms. The molecular weight excluding hydrogens is 270 g/mol. The summed E-state index contributed by atoms with van der Waals surface area (Å²) in [6.07, 6.45) is 0.884. The Hall–Kier alpha value is -1.59. The number of aryl methyl sites for hydroxylation is 1. The second kappa shape index (κ2) is 7.43. The Bertz CT molecular complexity index is 460. The van der Waals surface area contributed by atoms with Gasteiger partial charge in [-0.15, -0.1) is 0 Å². The molecule has 1 N–H and O–H groups in total. The summed E-state index contributed by atoms with van der Waals surface area (Å²) in [5, 5.41) is 9.19. The molecule has 21 heavy (non-hydrogen) atoms. The van der Waals surface area contributed by atoms with Crippen LogP contribution in [0.15, 0.2) is 24.3 Å². The fourth-order valence-corrected chi connectivity index (χ4v) is 2.55. The smallest absolute Gasteiger partial charge is 0.223 e. The number of benzene rings is 1. The summed E-state index contributed by atoms with van der Waals surface area (Å²) in [6, 6.07) is 7.76. The first-order valence-corrected chi connectivity index (χ1v) is 7.29. The Labute approximate surface area is 125 Å². The Kier molecular flexibility index (Phi) is 5.59. The summed E-state index contributed by atoms with van der Waals surface area (Å²) < 4.78 is 10.7. The highest BCUT2D eigenvalue weighted by molar-refractivity contribution is 5.76. The molecule has 1 aromatic rings. The molecule has 1 aliphatic rings. The third-order valence-corrected chi connectivity index (χ3v) is 3.67. The third kappa shape index (κ3) is 4.44. The van der Waals surface area contributed by atoms with Crippen LogP contribution in [0, 0.1) is 0 Å². The summed E-state index contributed by atoms with van der Waals surface area (Å²) in [4.78, 5) is 14.1. The number of nitrogens with zero attached hydrogens (tertiary/aromatic N) is 1. The minimum atomic E-state index is -0.265. The van der Waals surface area contributed by atoms with Crippen molar-refractivity contribution < 1.29 is 19.4 Å². The van der Waals surface area contributed by atoms with Crippen LogP contribution < -0.4 is 4.74 Å². The van der Waals surface area contributed by atoms with E-state index in [1.54, 1.807) is 12.0 Å². The fourth-order valence-electron chi connectivity index (χ4n) is 2.55. The Morgan fingerprint density at radius 2 is 2.10 bits per heavy atom. The van der Waals surface area contributed by atoms with E-state index >= 15 is 0 Å². The van der Waals surface area contributed by atoms with Crippen LogP contribution in [0.2, 0.25) is 0 Å². The van der Waals surface area contributed by atoms with E-state index in [9.17, 15) is 9.90 Å². The van der Waals surface area contributed by atoms with Gasteiger partial charge in [-0.1, -0.05) is 12.1 Å². The van der Waals surface area contributed by atoms with E-state index in [2.05, 4.69) is 0 Å². The lowest BCUT2D eigenvalue weighted by molar-refractivity contribution is -0.147. The third-order valence-electron chi connectivity index (χ3n) is 3.67. The predicted octanol–water partition coefficient (Wildman–Crippen LogP) is 1.24. The summed E-state index contributed by atoms with van der Waals surface area (Å²) in [7, 11) is 1.63. The van der Waals surface area contributed by atoms with Crippen molar-refractivity contribution in [2.45, 2.75) is 32.0 Å². The van der Waals surface area contributed by atoms with Crippen molar-refractivity contribution in [3.63, 3.8) is 0 Å². The zero-order valence-electron chi connectivity index (χ0n) is 12.6. The number of ether oxygens (including phenoxy) is 2. The Morgan fingerprint density at radius 1 is 1.38 bits per heavy atom. The van der Waals surface area contributed by atoms with Crippen LogP contribution in [0.1, 0.15) is 18.9 Å². The lowest BCUT2D eigenvalue weighted by Gasteiger charge is -2.36. The number of hydrogen-bond donors (Lipinski definition) is 1. The minimum Gasteiger partial charge on any atom is -0.497 e. The highest BCUT2D eigenvalue weighted by atomic mass is 16.5. The van der Waals surface area contributed by atoms with E-state index in [1.165, 1.54) is 0 Å². The number of morpholine rings is 1. The average Bonchev–Trinajstić information content (AvgIpc) is 2.52.